The van der Waals surface area contributed by atoms with Gasteiger partial charge in [0.2, 0.25) is 11.7 Å². The summed E-state index contributed by atoms with van der Waals surface area (Å²) in [7, 11) is 1.25. The second-order valence-electron chi connectivity index (χ2n) is 7.48. The number of amides is 2. The van der Waals surface area contributed by atoms with Gasteiger partial charge in [-0.1, -0.05) is 26.0 Å². The van der Waals surface area contributed by atoms with Crippen LogP contribution < -0.4 is 10.6 Å². The Morgan fingerprint density at radius 1 is 1.09 bits per heavy atom. The number of hydrogen-bond acceptors (Lipinski definition) is 7. The number of methoxy groups -OCH3 is 1. The molecule has 10 heteroatoms. The highest BCUT2D eigenvalue weighted by Crippen LogP contribution is 2.25. The zero-order chi connectivity index (χ0) is 24.0. The third kappa shape index (κ3) is 5.65. The molecule has 1 unspecified atom stereocenters. The lowest BCUT2D eigenvalue weighted by atomic mass is 10.1. The number of rotatable bonds is 9. The smallest absolute Gasteiger partial charge is 0.328 e. The van der Waals surface area contributed by atoms with E-state index in [1.54, 1.807) is 24.3 Å². The molecule has 0 fully saturated rings. The van der Waals surface area contributed by atoms with Gasteiger partial charge in [-0.15, -0.1) is 0 Å². The molecule has 3 aromatic rings. The van der Waals surface area contributed by atoms with Gasteiger partial charge in [-0.05, 0) is 38.0 Å². The van der Waals surface area contributed by atoms with Crippen LogP contribution in [0.15, 0.2) is 40.9 Å². The summed E-state index contributed by atoms with van der Waals surface area (Å²) < 4.78 is 10.3. The van der Waals surface area contributed by atoms with Gasteiger partial charge in [0.25, 0.3) is 11.8 Å². The summed E-state index contributed by atoms with van der Waals surface area (Å²) in [5.74, 6) is -0.895. The van der Waals surface area contributed by atoms with Crippen molar-refractivity contribution in [2.75, 3.05) is 7.11 Å². The molecule has 2 heterocycles. The van der Waals surface area contributed by atoms with E-state index in [2.05, 4.69) is 30.6 Å². The van der Waals surface area contributed by atoms with Crippen LogP contribution in [0.25, 0.3) is 22.7 Å². The molecule has 0 radical (unpaired) electrons. The molecule has 0 aliphatic heterocycles. The Morgan fingerprint density at radius 2 is 1.82 bits per heavy atom. The van der Waals surface area contributed by atoms with Gasteiger partial charge >= 0.3 is 5.97 Å². The molecule has 0 saturated heterocycles. The molecule has 0 bridgehead atoms. The first kappa shape index (κ1) is 23.7. The minimum atomic E-state index is -0.793. The average Bonchev–Trinajstić information content (AvgIpc) is 3.52. The van der Waals surface area contributed by atoms with Crippen LogP contribution in [0.1, 0.15) is 54.7 Å². The summed E-state index contributed by atoms with van der Waals surface area (Å²) in [6.07, 6.45) is 3.06. The van der Waals surface area contributed by atoms with Crippen molar-refractivity contribution >= 4 is 17.8 Å². The summed E-state index contributed by atoms with van der Waals surface area (Å²) >= 11 is 0. The highest BCUT2D eigenvalue weighted by Gasteiger charge is 2.20. The number of oxazole rings is 1. The van der Waals surface area contributed by atoms with E-state index in [-0.39, 0.29) is 23.4 Å². The molecular weight excluding hydrogens is 426 g/mol. The van der Waals surface area contributed by atoms with Gasteiger partial charge in [0.15, 0.2) is 0 Å². The average molecular weight is 453 g/mol. The Bertz CT molecular complexity index is 1130. The standard InChI is InChI=1S/C23H27N5O5/c1-5-16(6-2)26-21(30)19-12-24-22(33-19)15-9-7-8-14(10-15)17-11-18(28-27-17)20(29)25-13(3)23(31)32-4/h7-13,16H,5-6H2,1-4H3,(H,25,29)(H,26,30)(H,27,28). The van der Waals surface area contributed by atoms with Crippen molar-refractivity contribution in [2.45, 2.75) is 45.7 Å². The fourth-order valence-electron chi connectivity index (χ4n) is 3.17. The second-order valence-corrected chi connectivity index (χ2v) is 7.48. The Kier molecular flexibility index (Phi) is 7.60. The lowest BCUT2D eigenvalue weighted by molar-refractivity contribution is -0.142. The fourth-order valence-corrected chi connectivity index (χ4v) is 3.17. The summed E-state index contributed by atoms with van der Waals surface area (Å²) in [5, 5.41) is 12.3. The van der Waals surface area contributed by atoms with Crippen molar-refractivity contribution in [2.24, 2.45) is 0 Å². The maximum absolute atomic E-state index is 12.4. The number of carbonyl (C=O) groups excluding carboxylic acids is 3. The molecule has 174 valence electrons. The predicted molar refractivity (Wildman–Crippen MR) is 120 cm³/mol. The van der Waals surface area contributed by atoms with E-state index in [1.807, 2.05) is 19.9 Å². The van der Waals surface area contributed by atoms with Crippen molar-refractivity contribution in [1.82, 2.24) is 25.8 Å². The van der Waals surface area contributed by atoms with Crippen LogP contribution in [0.2, 0.25) is 0 Å². The van der Waals surface area contributed by atoms with Gasteiger partial charge in [0.05, 0.1) is 19.0 Å². The number of nitrogens with one attached hydrogen (secondary N) is 3. The molecule has 1 aromatic carbocycles. The fraction of sp³-hybridized carbons (Fsp3) is 0.348. The second kappa shape index (κ2) is 10.6. The monoisotopic (exact) mass is 453 g/mol. The Morgan fingerprint density at radius 3 is 2.52 bits per heavy atom. The number of benzene rings is 1. The van der Waals surface area contributed by atoms with Gasteiger partial charge in [0, 0.05) is 17.2 Å². The largest absolute Gasteiger partial charge is 0.467 e. The van der Waals surface area contributed by atoms with E-state index in [4.69, 9.17) is 4.42 Å². The van der Waals surface area contributed by atoms with E-state index < -0.39 is 17.9 Å². The predicted octanol–water partition coefficient (Wildman–Crippen LogP) is 2.94. The van der Waals surface area contributed by atoms with Crippen LogP contribution in [0.3, 0.4) is 0 Å². The number of aromatic amines is 1. The van der Waals surface area contributed by atoms with Crippen LogP contribution in [0, 0.1) is 0 Å². The van der Waals surface area contributed by atoms with Crippen molar-refractivity contribution in [3.63, 3.8) is 0 Å². The number of aromatic nitrogens is 3. The molecular formula is C23H27N5O5. The zero-order valence-corrected chi connectivity index (χ0v) is 19.0. The molecule has 2 aromatic heterocycles. The highest BCUT2D eigenvalue weighted by atomic mass is 16.5. The summed E-state index contributed by atoms with van der Waals surface area (Å²) in [6, 6.07) is 8.08. The van der Waals surface area contributed by atoms with Gasteiger partial charge < -0.3 is 19.8 Å². The summed E-state index contributed by atoms with van der Waals surface area (Å²) in [4.78, 5) is 40.5. The van der Waals surface area contributed by atoms with E-state index in [0.29, 0.717) is 22.7 Å². The Balaban J connectivity index is 1.75. The molecule has 33 heavy (non-hydrogen) atoms. The van der Waals surface area contributed by atoms with E-state index in [0.717, 1.165) is 12.8 Å². The van der Waals surface area contributed by atoms with E-state index in [1.165, 1.54) is 20.2 Å². The van der Waals surface area contributed by atoms with Gasteiger partial charge in [-0.25, -0.2) is 9.78 Å². The number of carbonyl (C=O) groups is 3. The Hall–Kier alpha value is -3.95. The summed E-state index contributed by atoms with van der Waals surface area (Å²) in [6.45, 7) is 5.55. The topological polar surface area (TPSA) is 139 Å². The van der Waals surface area contributed by atoms with Crippen LogP contribution >= 0.6 is 0 Å². The molecule has 10 nitrogen and oxygen atoms in total. The van der Waals surface area contributed by atoms with Crippen molar-refractivity contribution in [3.05, 3.63) is 48.0 Å². The normalized spacial score (nSPS) is 11.8. The lowest BCUT2D eigenvalue weighted by Crippen LogP contribution is -2.39. The van der Waals surface area contributed by atoms with Gasteiger partial charge in [-0.2, -0.15) is 5.10 Å². The molecule has 3 N–H and O–H groups in total. The number of H-pyrrole nitrogens is 1. The molecule has 3 rings (SSSR count). The van der Waals surface area contributed by atoms with E-state index >= 15 is 0 Å². The zero-order valence-electron chi connectivity index (χ0n) is 19.0. The quantitative estimate of drug-likeness (QED) is 0.423. The maximum Gasteiger partial charge on any atom is 0.328 e. The first-order chi connectivity index (χ1) is 15.9. The lowest BCUT2D eigenvalue weighted by Gasteiger charge is -2.12. The number of hydrogen-bond donors (Lipinski definition) is 3. The van der Waals surface area contributed by atoms with Crippen LogP contribution in [-0.4, -0.2) is 52.2 Å². The number of nitrogens with zero attached hydrogens (tertiary/aromatic N) is 2. The number of esters is 1. The molecule has 0 saturated carbocycles. The maximum atomic E-state index is 12.4. The first-order valence-corrected chi connectivity index (χ1v) is 10.7. The molecule has 0 spiro atoms. The Labute approximate surface area is 191 Å². The highest BCUT2D eigenvalue weighted by molar-refractivity contribution is 5.96. The SMILES string of the molecule is CCC(CC)NC(=O)c1cnc(-c2cccc(-c3cc(C(=O)NC(C)C(=O)OC)[nH]n3)c2)o1. The first-order valence-electron chi connectivity index (χ1n) is 10.7. The third-order valence-corrected chi connectivity index (χ3v) is 5.18. The van der Waals surface area contributed by atoms with E-state index in [9.17, 15) is 14.4 Å². The van der Waals surface area contributed by atoms with Crippen molar-refractivity contribution in [1.29, 1.82) is 0 Å². The minimum Gasteiger partial charge on any atom is -0.467 e. The number of ether oxygens (including phenoxy) is 1. The molecule has 1 atom stereocenters. The van der Waals surface area contributed by atoms with Gasteiger partial charge in [-0.3, -0.25) is 14.7 Å². The molecule has 2 amide bonds. The summed E-state index contributed by atoms with van der Waals surface area (Å²) in [5.41, 5.74) is 2.08. The molecule has 0 aliphatic carbocycles. The minimum absolute atomic E-state index is 0.0797. The third-order valence-electron chi connectivity index (χ3n) is 5.18. The van der Waals surface area contributed by atoms with Crippen molar-refractivity contribution < 1.29 is 23.5 Å². The van der Waals surface area contributed by atoms with Crippen LogP contribution in [0.5, 0.6) is 0 Å². The van der Waals surface area contributed by atoms with Crippen molar-refractivity contribution in [3.8, 4) is 22.7 Å². The molecule has 0 aliphatic rings. The van der Waals surface area contributed by atoms with Crippen LogP contribution in [0.4, 0.5) is 0 Å². The van der Waals surface area contributed by atoms with Crippen LogP contribution in [-0.2, 0) is 9.53 Å². The van der Waals surface area contributed by atoms with Gasteiger partial charge in [0.1, 0.15) is 11.7 Å².